The molecule has 0 fully saturated rings. The van der Waals surface area contributed by atoms with Crippen molar-refractivity contribution in [2.24, 2.45) is 0 Å². The second kappa shape index (κ2) is 4.25. The van der Waals surface area contributed by atoms with Gasteiger partial charge in [-0.15, -0.1) is 0 Å². The van der Waals surface area contributed by atoms with Gasteiger partial charge in [-0.1, -0.05) is 23.2 Å². The van der Waals surface area contributed by atoms with E-state index >= 15 is 0 Å². The zero-order valence-corrected chi connectivity index (χ0v) is 7.71. The van der Waals surface area contributed by atoms with E-state index in [0.717, 1.165) is 6.33 Å². The van der Waals surface area contributed by atoms with Crippen LogP contribution >= 0.6 is 23.2 Å². The highest BCUT2D eigenvalue weighted by Crippen LogP contribution is 2.28. The number of aromatic nitrogens is 2. The Balaban J connectivity index is 2.81. The Morgan fingerprint density at radius 3 is 2.46 bits per heavy atom. The van der Waals surface area contributed by atoms with Crippen molar-refractivity contribution in [2.45, 2.75) is 0 Å². The van der Waals surface area contributed by atoms with Crippen molar-refractivity contribution >= 4 is 29.2 Å². The molecule has 1 aromatic heterocycles. The molecule has 0 aliphatic heterocycles. The highest BCUT2D eigenvalue weighted by Gasteiger charge is 2.10. The third kappa shape index (κ3) is 2.71. The first kappa shape index (κ1) is 10.0. The topological polar surface area (TPSA) is 72.3 Å². The second-order valence-corrected chi connectivity index (χ2v) is 2.68. The van der Waals surface area contributed by atoms with Gasteiger partial charge in [-0.2, -0.15) is 0 Å². The molecular weight excluding hydrogens is 219 g/mol. The maximum Gasteiger partial charge on any atom is 0.341 e. The van der Waals surface area contributed by atoms with Crippen molar-refractivity contribution in [1.29, 1.82) is 0 Å². The summed E-state index contributed by atoms with van der Waals surface area (Å²) in [5, 5.41) is 8.28. The lowest BCUT2D eigenvalue weighted by Crippen LogP contribution is -2.10. The van der Waals surface area contributed by atoms with Crippen LogP contribution in [-0.2, 0) is 4.79 Å². The third-order valence-electron chi connectivity index (χ3n) is 1.06. The Morgan fingerprint density at radius 1 is 1.46 bits per heavy atom. The minimum Gasteiger partial charge on any atom is -0.479 e. The molecule has 0 saturated heterocycles. The molecule has 7 heteroatoms. The summed E-state index contributed by atoms with van der Waals surface area (Å²) in [5.74, 6) is -1.15. The average molecular weight is 223 g/mol. The molecule has 0 bridgehead atoms. The summed E-state index contributed by atoms with van der Waals surface area (Å²) in [6.07, 6.45) is 1.15. The van der Waals surface area contributed by atoms with E-state index in [1.165, 1.54) is 0 Å². The predicted octanol–water partition coefficient (Wildman–Crippen LogP) is 1.25. The fourth-order valence-electron chi connectivity index (χ4n) is 0.586. The summed E-state index contributed by atoms with van der Waals surface area (Å²) >= 11 is 11.1. The van der Waals surface area contributed by atoms with Crippen molar-refractivity contribution in [2.75, 3.05) is 6.61 Å². The second-order valence-electron chi connectivity index (χ2n) is 1.97. The first-order valence-corrected chi connectivity index (χ1v) is 3.87. The third-order valence-corrected chi connectivity index (χ3v) is 1.60. The van der Waals surface area contributed by atoms with Crippen LogP contribution in [0.4, 0.5) is 0 Å². The predicted molar refractivity (Wildman–Crippen MR) is 45.2 cm³/mol. The Bertz CT molecular complexity index is 311. The van der Waals surface area contributed by atoms with E-state index in [4.69, 9.17) is 33.0 Å². The highest BCUT2D eigenvalue weighted by molar-refractivity contribution is 6.35. The smallest absolute Gasteiger partial charge is 0.341 e. The molecule has 0 aliphatic rings. The van der Waals surface area contributed by atoms with Gasteiger partial charge in [0.2, 0.25) is 0 Å². The van der Waals surface area contributed by atoms with Gasteiger partial charge < -0.3 is 9.84 Å². The molecule has 0 unspecified atom stereocenters. The number of nitrogens with zero attached hydrogens (tertiary/aromatic N) is 2. The van der Waals surface area contributed by atoms with Gasteiger partial charge in [0.05, 0.1) is 0 Å². The molecular formula is C6H4Cl2N2O3. The minimum absolute atomic E-state index is 0.0127. The van der Waals surface area contributed by atoms with E-state index in [-0.39, 0.29) is 16.1 Å². The van der Waals surface area contributed by atoms with Crippen molar-refractivity contribution in [1.82, 2.24) is 9.97 Å². The molecule has 0 atom stereocenters. The van der Waals surface area contributed by atoms with Crippen molar-refractivity contribution < 1.29 is 14.6 Å². The molecule has 1 N–H and O–H groups in total. The molecule has 5 nitrogen and oxygen atoms in total. The average Bonchev–Trinajstić information content (AvgIpc) is 2.03. The summed E-state index contributed by atoms with van der Waals surface area (Å²) in [6, 6.07) is 0. The van der Waals surface area contributed by atoms with Crippen LogP contribution in [0.25, 0.3) is 0 Å². The number of ether oxygens (including phenoxy) is 1. The number of carboxylic acid groups (broad SMARTS) is 1. The van der Waals surface area contributed by atoms with Crippen LogP contribution in [-0.4, -0.2) is 27.7 Å². The van der Waals surface area contributed by atoms with Crippen LogP contribution in [0.15, 0.2) is 6.33 Å². The number of hydrogen-bond acceptors (Lipinski definition) is 4. The number of carboxylic acids is 1. The van der Waals surface area contributed by atoms with Crippen LogP contribution in [0.1, 0.15) is 0 Å². The maximum atomic E-state index is 10.1. The summed E-state index contributed by atoms with van der Waals surface area (Å²) in [5.41, 5.74) is 0. The monoisotopic (exact) mass is 222 g/mol. The molecule has 0 aliphatic carbocycles. The fourth-order valence-corrected chi connectivity index (χ4v) is 1.01. The van der Waals surface area contributed by atoms with Crippen molar-refractivity contribution in [3.63, 3.8) is 0 Å². The van der Waals surface area contributed by atoms with Gasteiger partial charge in [0.1, 0.15) is 6.33 Å². The first-order valence-electron chi connectivity index (χ1n) is 3.12. The van der Waals surface area contributed by atoms with E-state index in [0.29, 0.717) is 0 Å². The lowest BCUT2D eigenvalue weighted by Gasteiger charge is -2.04. The molecule has 1 aromatic rings. The largest absolute Gasteiger partial charge is 0.479 e. The van der Waals surface area contributed by atoms with Crippen LogP contribution in [0.3, 0.4) is 0 Å². The van der Waals surface area contributed by atoms with Gasteiger partial charge in [0.25, 0.3) is 0 Å². The molecule has 1 heterocycles. The van der Waals surface area contributed by atoms with Crippen LogP contribution in [0.5, 0.6) is 5.75 Å². The van der Waals surface area contributed by atoms with Crippen LogP contribution in [0, 0.1) is 0 Å². The van der Waals surface area contributed by atoms with Crippen molar-refractivity contribution in [3.8, 4) is 5.75 Å². The molecule has 13 heavy (non-hydrogen) atoms. The Kier molecular flexibility index (Phi) is 3.27. The Hall–Kier alpha value is -1.07. The van der Waals surface area contributed by atoms with Gasteiger partial charge in [-0.25, -0.2) is 14.8 Å². The number of halogens is 2. The van der Waals surface area contributed by atoms with Gasteiger partial charge in [0, 0.05) is 0 Å². The Morgan fingerprint density at radius 2 is 2.00 bits per heavy atom. The molecule has 0 radical (unpaired) electrons. The maximum absolute atomic E-state index is 10.1. The molecule has 0 saturated carbocycles. The Labute approximate surface area is 83.3 Å². The molecule has 0 aromatic carbocycles. The summed E-state index contributed by atoms with van der Waals surface area (Å²) in [4.78, 5) is 17.3. The lowest BCUT2D eigenvalue weighted by atomic mass is 10.6. The molecule has 1 rings (SSSR count). The van der Waals surface area contributed by atoms with Crippen LogP contribution < -0.4 is 4.74 Å². The van der Waals surface area contributed by atoms with E-state index in [9.17, 15) is 4.79 Å². The fraction of sp³-hybridized carbons (Fsp3) is 0.167. The summed E-state index contributed by atoms with van der Waals surface area (Å²) < 4.78 is 4.74. The molecule has 70 valence electrons. The number of aliphatic carboxylic acids is 1. The normalized spacial score (nSPS) is 9.69. The first-order chi connectivity index (χ1) is 6.11. The SMILES string of the molecule is O=C(O)COc1c(Cl)ncnc1Cl. The lowest BCUT2D eigenvalue weighted by molar-refractivity contribution is -0.139. The summed E-state index contributed by atoms with van der Waals surface area (Å²) in [6.45, 7) is -0.535. The van der Waals surface area contributed by atoms with Gasteiger partial charge in [0.15, 0.2) is 22.7 Å². The van der Waals surface area contributed by atoms with Crippen LogP contribution in [0.2, 0.25) is 10.3 Å². The quantitative estimate of drug-likeness (QED) is 0.780. The van der Waals surface area contributed by atoms with E-state index in [2.05, 4.69) is 9.97 Å². The van der Waals surface area contributed by atoms with Gasteiger partial charge in [-0.05, 0) is 0 Å². The van der Waals surface area contributed by atoms with Gasteiger partial charge in [-0.3, -0.25) is 0 Å². The number of carbonyl (C=O) groups is 1. The number of rotatable bonds is 3. The van der Waals surface area contributed by atoms with Crippen molar-refractivity contribution in [3.05, 3.63) is 16.6 Å². The zero-order chi connectivity index (χ0) is 9.84. The zero-order valence-electron chi connectivity index (χ0n) is 6.20. The molecule has 0 spiro atoms. The van der Waals surface area contributed by atoms with E-state index < -0.39 is 12.6 Å². The highest BCUT2D eigenvalue weighted by atomic mass is 35.5. The minimum atomic E-state index is -1.13. The number of hydrogen-bond donors (Lipinski definition) is 1. The standard InChI is InChI=1S/C6H4Cl2N2O3/c7-5-4(13-1-3(11)12)6(8)10-2-9-5/h2H,1H2,(H,11,12). The van der Waals surface area contributed by atoms with E-state index in [1.807, 2.05) is 0 Å². The van der Waals surface area contributed by atoms with Gasteiger partial charge >= 0.3 is 5.97 Å². The molecule has 0 amide bonds. The van der Waals surface area contributed by atoms with E-state index in [1.54, 1.807) is 0 Å². The summed E-state index contributed by atoms with van der Waals surface area (Å²) in [7, 11) is 0.